The van der Waals surface area contributed by atoms with E-state index in [2.05, 4.69) is 30.2 Å². The van der Waals surface area contributed by atoms with Crippen LogP contribution in [0.5, 0.6) is 5.88 Å². The van der Waals surface area contributed by atoms with Crippen LogP contribution in [-0.2, 0) is 6.42 Å². The first-order valence-corrected chi connectivity index (χ1v) is 10.1. The van der Waals surface area contributed by atoms with Gasteiger partial charge in [-0.2, -0.15) is 4.52 Å². The molecule has 0 saturated heterocycles. The molecule has 0 unspecified atom stereocenters. The van der Waals surface area contributed by atoms with Crippen LogP contribution in [-0.4, -0.2) is 48.5 Å². The molecule has 4 rings (SSSR count). The van der Waals surface area contributed by atoms with Crippen molar-refractivity contribution in [3.63, 3.8) is 0 Å². The lowest BCUT2D eigenvalue weighted by atomic mass is 10.2. The minimum atomic E-state index is -0.331. The van der Waals surface area contributed by atoms with Crippen molar-refractivity contribution in [3.8, 4) is 17.3 Å². The predicted octanol–water partition coefficient (Wildman–Crippen LogP) is 2.54. The molecule has 4 aromatic rings. The van der Waals surface area contributed by atoms with Crippen molar-refractivity contribution in [3.05, 3.63) is 52.8 Å². The van der Waals surface area contributed by atoms with E-state index in [9.17, 15) is 9.18 Å². The first-order chi connectivity index (χ1) is 14.7. The lowest BCUT2D eigenvalue weighted by molar-refractivity contribution is 0.0949. The number of aryl methyl sites for hydroxylation is 1. The van der Waals surface area contributed by atoms with Gasteiger partial charge in [0.15, 0.2) is 11.5 Å². The number of benzene rings is 1. The molecule has 1 amide bonds. The topological polar surface area (TPSA) is 107 Å². The van der Waals surface area contributed by atoms with E-state index in [0.717, 1.165) is 24.4 Å². The van der Waals surface area contributed by atoms with Gasteiger partial charge in [-0.15, -0.1) is 20.4 Å². The highest BCUT2D eigenvalue weighted by atomic mass is 32.1. The molecule has 1 aromatic carbocycles. The van der Waals surface area contributed by atoms with Crippen LogP contribution in [0, 0.1) is 5.82 Å². The number of hydrogen-bond acceptors (Lipinski definition) is 8. The zero-order chi connectivity index (χ0) is 20.9. The minimum Gasteiger partial charge on any atom is -0.475 e. The highest BCUT2D eigenvalue weighted by Gasteiger charge is 2.15. The molecule has 11 heteroatoms. The van der Waals surface area contributed by atoms with Gasteiger partial charge in [0, 0.05) is 11.6 Å². The number of aromatic nitrogens is 6. The third-order valence-corrected chi connectivity index (χ3v) is 4.99. The minimum absolute atomic E-state index is 0.210. The Kier molecular flexibility index (Phi) is 5.89. The average Bonchev–Trinajstić information content (AvgIpc) is 3.39. The maximum absolute atomic E-state index is 13.2. The number of carbonyl (C=O) groups is 1. The van der Waals surface area contributed by atoms with Crippen LogP contribution in [0.4, 0.5) is 4.39 Å². The van der Waals surface area contributed by atoms with Crippen LogP contribution in [0.15, 0.2) is 36.4 Å². The summed E-state index contributed by atoms with van der Waals surface area (Å²) in [6.07, 6.45) is 1.61. The van der Waals surface area contributed by atoms with E-state index in [1.165, 1.54) is 16.6 Å². The average molecular weight is 427 g/mol. The Labute approximate surface area is 175 Å². The Morgan fingerprint density at radius 2 is 2.00 bits per heavy atom. The number of halogens is 1. The second-order valence-electron chi connectivity index (χ2n) is 6.38. The Hall–Kier alpha value is -3.47. The van der Waals surface area contributed by atoms with Gasteiger partial charge in [-0.1, -0.05) is 17.8 Å². The first-order valence-electron chi connectivity index (χ1n) is 9.36. The highest BCUT2D eigenvalue weighted by Crippen LogP contribution is 2.19. The monoisotopic (exact) mass is 427 g/mol. The zero-order valence-electron chi connectivity index (χ0n) is 16.1. The van der Waals surface area contributed by atoms with Gasteiger partial charge in [-0.3, -0.25) is 4.79 Å². The van der Waals surface area contributed by atoms with Crippen LogP contribution in [0.25, 0.3) is 17.0 Å². The van der Waals surface area contributed by atoms with Crippen molar-refractivity contribution in [1.29, 1.82) is 0 Å². The molecule has 9 nitrogen and oxygen atoms in total. The SMILES string of the molecule is CCCc1nnsc1C(=O)NCCOc1ccc2nnc(-c3ccc(F)cc3)n2n1. The van der Waals surface area contributed by atoms with Crippen LogP contribution in [0.3, 0.4) is 0 Å². The van der Waals surface area contributed by atoms with Gasteiger partial charge in [0.05, 0.1) is 12.2 Å². The summed E-state index contributed by atoms with van der Waals surface area (Å²) in [7, 11) is 0. The molecule has 3 heterocycles. The number of amides is 1. The fourth-order valence-electron chi connectivity index (χ4n) is 2.81. The standard InChI is InChI=1S/C19H18FN7O2S/c1-2-3-14-17(30-26-22-14)19(28)21-10-11-29-16-9-8-15-23-24-18(27(15)25-16)12-4-6-13(20)7-5-12/h4-9H,2-3,10-11H2,1H3,(H,21,28). The number of nitrogens with zero attached hydrogens (tertiary/aromatic N) is 6. The van der Waals surface area contributed by atoms with Gasteiger partial charge in [0.2, 0.25) is 5.88 Å². The molecular formula is C19H18FN7O2S. The maximum Gasteiger partial charge on any atom is 0.265 e. The number of fused-ring (bicyclic) bond motifs is 1. The lowest BCUT2D eigenvalue weighted by Gasteiger charge is -2.07. The molecule has 0 aliphatic carbocycles. The Balaban J connectivity index is 1.38. The molecule has 30 heavy (non-hydrogen) atoms. The summed E-state index contributed by atoms with van der Waals surface area (Å²) in [6, 6.07) is 9.32. The van der Waals surface area contributed by atoms with Gasteiger partial charge >= 0.3 is 0 Å². The van der Waals surface area contributed by atoms with E-state index in [-0.39, 0.29) is 18.3 Å². The van der Waals surface area contributed by atoms with Crippen molar-refractivity contribution in [1.82, 2.24) is 34.7 Å². The summed E-state index contributed by atoms with van der Waals surface area (Å²) in [6.45, 7) is 2.55. The van der Waals surface area contributed by atoms with Crippen LogP contribution >= 0.6 is 11.5 Å². The zero-order valence-corrected chi connectivity index (χ0v) is 16.9. The smallest absolute Gasteiger partial charge is 0.265 e. The van der Waals surface area contributed by atoms with Gasteiger partial charge in [-0.05, 0) is 48.3 Å². The Morgan fingerprint density at radius 3 is 2.80 bits per heavy atom. The van der Waals surface area contributed by atoms with Crippen molar-refractivity contribution in [2.24, 2.45) is 0 Å². The number of ether oxygens (including phenoxy) is 1. The van der Waals surface area contributed by atoms with E-state index in [0.29, 0.717) is 40.0 Å². The molecular weight excluding hydrogens is 409 g/mol. The predicted molar refractivity (Wildman–Crippen MR) is 108 cm³/mol. The molecule has 0 fully saturated rings. The summed E-state index contributed by atoms with van der Waals surface area (Å²) in [5.41, 5.74) is 1.94. The van der Waals surface area contributed by atoms with Crippen LogP contribution in [0.2, 0.25) is 0 Å². The van der Waals surface area contributed by atoms with Gasteiger partial charge in [0.1, 0.15) is 17.3 Å². The lowest BCUT2D eigenvalue weighted by Crippen LogP contribution is -2.28. The number of rotatable bonds is 8. The summed E-state index contributed by atoms with van der Waals surface area (Å²) >= 11 is 1.09. The van der Waals surface area contributed by atoms with Gasteiger partial charge in [0.25, 0.3) is 5.91 Å². The molecule has 1 N–H and O–H groups in total. The number of nitrogens with one attached hydrogen (secondary N) is 1. The van der Waals surface area contributed by atoms with Crippen LogP contribution in [0.1, 0.15) is 28.7 Å². The summed E-state index contributed by atoms with van der Waals surface area (Å²) in [5, 5.41) is 19.4. The van der Waals surface area contributed by atoms with E-state index in [1.54, 1.807) is 24.3 Å². The fourth-order valence-corrected chi connectivity index (χ4v) is 3.43. The van der Waals surface area contributed by atoms with E-state index in [1.807, 2.05) is 6.92 Å². The van der Waals surface area contributed by atoms with Crippen molar-refractivity contribution < 1.29 is 13.9 Å². The third-order valence-electron chi connectivity index (χ3n) is 4.23. The third kappa shape index (κ3) is 4.25. The molecule has 0 atom stereocenters. The van der Waals surface area contributed by atoms with Gasteiger partial charge in [-0.25, -0.2) is 4.39 Å². The normalized spacial score (nSPS) is 11.0. The van der Waals surface area contributed by atoms with E-state index in [4.69, 9.17) is 4.74 Å². The molecule has 0 spiro atoms. The second-order valence-corrected chi connectivity index (χ2v) is 7.13. The second kappa shape index (κ2) is 8.91. The molecule has 154 valence electrons. The van der Waals surface area contributed by atoms with E-state index >= 15 is 0 Å². The van der Waals surface area contributed by atoms with Crippen molar-refractivity contribution >= 4 is 23.1 Å². The molecule has 0 radical (unpaired) electrons. The summed E-state index contributed by atoms with van der Waals surface area (Å²) in [5.74, 6) is 0.288. The molecule has 0 aliphatic heterocycles. The quantitative estimate of drug-likeness (QED) is 0.431. The summed E-state index contributed by atoms with van der Waals surface area (Å²) in [4.78, 5) is 12.8. The van der Waals surface area contributed by atoms with Crippen LogP contribution < -0.4 is 10.1 Å². The van der Waals surface area contributed by atoms with Crippen molar-refractivity contribution in [2.45, 2.75) is 19.8 Å². The van der Waals surface area contributed by atoms with E-state index < -0.39 is 0 Å². The largest absolute Gasteiger partial charge is 0.475 e. The first kappa shape index (κ1) is 19.8. The number of carbonyl (C=O) groups excluding carboxylic acids is 1. The molecule has 0 saturated carbocycles. The highest BCUT2D eigenvalue weighted by molar-refractivity contribution is 7.08. The fraction of sp³-hybridized carbons (Fsp3) is 0.263. The molecule has 0 bridgehead atoms. The van der Waals surface area contributed by atoms with Gasteiger partial charge < -0.3 is 10.1 Å². The number of hydrogen-bond donors (Lipinski definition) is 1. The Bertz CT molecular complexity index is 1160. The molecule has 3 aromatic heterocycles. The van der Waals surface area contributed by atoms with Crippen molar-refractivity contribution in [2.75, 3.05) is 13.2 Å². The molecule has 0 aliphatic rings. The Morgan fingerprint density at radius 1 is 1.17 bits per heavy atom. The summed E-state index contributed by atoms with van der Waals surface area (Å²) < 4.78 is 24.2. The maximum atomic E-state index is 13.2.